The van der Waals surface area contributed by atoms with Crippen molar-refractivity contribution in [2.75, 3.05) is 13.1 Å². The van der Waals surface area contributed by atoms with E-state index in [-0.39, 0.29) is 13.2 Å². The van der Waals surface area contributed by atoms with E-state index in [0.29, 0.717) is 6.42 Å². The zero-order valence-electron chi connectivity index (χ0n) is 10.1. The van der Waals surface area contributed by atoms with Crippen molar-refractivity contribution in [3.05, 3.63) is 35.4 Å². The maximum Gasteiger partial charge on any atom is 0.405 e. The highest BCUT2D eigenvalue weighted by Crippen LogP contribution is 2.11. The molecule has 19 heavy (non-hydrogen) atoms. The third-order valence-electron chi connectivity index (χ3n) is 2.35. The smallest absolute Gasteiger partial charge is 0.392 e. The van der Waals surface area contributed by atoms with Gasteiger partial charge >= 0.3 is 12.2 Å². The first-order valence-corrected chi connectivity index (χ1v) is 5.68. The van der Waals surface area contributed by atoms with E-state index in [9.17, 15) is 18.0 Å². The van der Waals surface area contributed by atoms with Gasteiger partial charge in [-0.25, -0.2) is 4.79 Å². The fraction of sp³-hybridized carbons (Fsp3) is 0.417. The summed E-state index contributed by atoms with van der Waals surface area (Å²) in [6.45, 7) is -1.15. The van der Waals surface area contributed by atoms with Crippen LogP contribution >= 0.6 is 0 Å². The van der Waals surface area contributed by atoms with Crippen molar-refractivity contribution in [3.8, 4) is 0 Å². The maximum absolute atomic E-state index is 11.8. The fourth-order valence-electron chi connectivity index (χ4n) is 1.37. The third-order valence-corrected chi connectivity index (χ3v) is 2.35. The van der Waals surface area contributed by atoms with Crippen LogP contribution in [-0.2, 0) is 13.0 Å². The molecule has 0 unspecified atom stereocenters. The SMILES string of the molecule is O=C(NCCc1ccc(CO)cc1)NCC(F)(F)F. The van der Waals surface area contributed by atoms with Crippen LogP contribution in [0.1, 0.15) is 11.1 Å². The Balaban J connectivity index is 2.24. The van der Waals surface area contributed by atoms with Gasteiger partial charge < -0.3 is 15.7 Å². The van der Waals surface area contributed by atoms with Gasteiger partial charge in [0.05, 0.1) is 6.61 Å². The number of nitrogens with one attached hydrogen (secondary N) is 2. The molecule has 0 aliphatic carbocycles. The molecule has 0 aliphatic heterocycles. The van der Waals surface area contributed by atoms with E-state index in [1.807, 2.05) is 0 Å². The van der Waals surface area contributed by atoms with Crippen molar-refractivity contribution in [3.63, 3.8) is 0 Å². The van der Waals surface area contributed by atoms with Crippen LogP contribution < -0.4 is 10.6 Å². The number of rotatable bonds is 5. The highest BCUT2D eigenvalue weighted by Gasteiger charge is 2.27. The Morgan fingerprint density at radius 2 is 1.68 bits per heavy atom. The number of hydrogen-bond acceptors (Lipinski definition) is 2. The van der Waals surface area contributed by atoms with Gasteiger partial charge in [-0.05, 0) is 17.5 Å². The quantitative estimate of drug-likeness (QED) is 0.764. The number of halogens is 3. The van der Waals surface area contributed by atoms with Crippen LogP contribution in [0.4, 0.5) is 18.0 Å². The topological polar surface area (TPSA) is 61.4 Å². The summed E-state index contributed by atoms with van der Waals surface area (Å²) in [7, 11) is 0. The molecule has 0 bridgehead atoms. The number of amides is 2. The second-order valence-corrected chi connectivity index (χ2v) is 3.95. The summed E-state index contributed by atoms with van der Waals surface area (Å²) < 4.78 is 35.4. The lowest BCUT2D eigenvalue weighted by Gasteiger charge is -2.09. The minimum Gasteiger partial charge on any atom is -0.392 e. The summed E-state index contributed by atoms with van der Waals surface area (Å²) in [6.07, 6.45) is -3.90. The van der Waals surface area contributed by atoms with Gasteiger partial charge in [-0.2, -0.15) is 13.2 Å². The largest absolute Gasteiger partial charge is 0.405 e. The molecule has 4 nitrogen and oxygen atoms in total. The number of carbonyl (C=O) groups excluding carboxylic acids is 1. The van der Waals surface area contributed by atoms with Crippen LogP contribution in [0, 0.1) is 0 Å². The molecule has 0 spiro atoms. The molecular formula is C12H15F3N2O2. The Morgan fingerprint density at radius 1 is 1.11 bits per heavy atom. The number of urea groups is 1. The summed E-state index contributed by atoms with van der Waals surface area (Å²) in [5, 5.41) is 12.9. The van der Waals surface area contributed by atoms with Crippen LogP contribution in [0.2, 0.25) is 0 Å². The highest BCUT2D eigenvalue weighted by atomic mass is 19.4. The molecule has 0 atom stereocenters. The standard InChI is InChI=1S/C12H15F3N2O2/c13-12(14,15)8-17-11(19)16-6-5-9-1-3-10(7-18)4-2-9/h1-4,18H,5-8H2,(H2,16,17,19). The molecule has 1 aromatic carbocycles. The van der Waals surface area contributed by atoms with Gasteiger partial charge in [-0.15, -0.1) is 0 Å². The normalized spacial score (nSPS) is 11.2. The van der Waals surface area contributed by atoms with Crippen LogP contribution in [0.5, 0.6) is 0 Å². The molecule has 0 saturated heterocycles. The lowest BCUT2D eigenvalue weighted by Crippen LogP contribution is -2.41. The monoisotopic (exact) mass is 276 g/mol. The second-order valence-electron chi connectivity index (χ2n) is 3.95. The summed E-state index contributed by atoms with van der Waals surface area (Å²) in [6, 6.07) is 6.24. The van der Waals surface area contributed by atoms with E-state index in [2.05, 4.69) is 5.32 Å². The first-order valence-electron chi connectivity index (χ1n) is 5.68. The van der Waals surface area contributed by atoms with E-state index >= 15 is 0 Å². The summed E-state index contributed by atoms with van der Waals surface area (Å²) in [4.78, 5) is 11.0. The van der Waals surface area contributed by atoms with Gasteiger partial charge in [0.1, 0.15) is 6.54 Å². The average molecular weight is 276 g/mol. The average Bonchev–Trinajstić information content (AvgIpc) is 2.36. The molecule has 1 rings (SSSR count). The lowest BCUT2D eigenvalue weighted by molar-refractivity contribution is -0.122. The van der Waals surface area contributed by atoms with Crippen molar-refractivity contribution < 1.29 is 23.1 Å². The van der Waals surface area contributed by atoms with E-state index in [1.54, 1.807) is 29.6 Å². The molecule has 3 N–H and O–H groups in total. The Labute approximate surface area is 108 Å². The van der Waals surface area contributed by atoms with Gasteiger partial charge in [0, 0.05) is 6.54 Å². The molecule has 0 fully saturated rings. The molecule has 106 valence electrons. The van der Waals surface area contributed by atoms with Crippen LogP contribution in [-0.4, -0.2) is 30.4 Å². The number of aliphatic hydroxyl groups is 1. The molecule has 7 heteroatoms. The van der Waals surface area contributed by atoms with Gasteiger partial charge in [-0.1, -0.05) is 24.3 Å². The third kappa shape index (κ3) is 6.66. The summed E-state index contributed by atoms with van der Waals surface area (Å²) in [5.41, 5.74) is 1.70. The Bertz CT molecular complexity index is 404. The van der Waals surface area contributed by atoms with Crippen LogP contribution in [0.15, 0.2) is 24.3 Å². The first-order chi connectivity index (χ1) is 8.90. The number of carbonyl (C=O) groups is 1. The van der Waals surface area contributed by atoms with E-state index in [0.717, 1.165) is 11.1 Å². The predicted octanol–water partition coefficient (Wildman–Crippen LogP) is 1.58. The Hall–Kier alpha value is -1.76. The number of aliphatic hydroxyl groups excluding tert-OH is 1. The van der Waals surface area contributed by atoms with Gasteiger partial charge in [-0.3, -0.25) is 0 Å². The Morgan fingerprint density at radius 3 is 2.21 bits per heavy atom. The van der Waals surface area contributed by atoms with Crippen molar-refractivity contribution in [1.82, 2.24) is 10.6 Å². The second kappa shape index (κ2) is 6.98. The molecule has 0 radical (unpaired) electrons. The van der Waals surface area contributed by atoms with E-state index in [1.165, 1.54) is 0 Å². The molecule has 0 aromatic heterocycles. The van der Waals surface area contributed by atoms with E-state index < -0.39 is 18.8 Å². The number of alkyl halides is 3. The van der Waals surface area contributed by atoms with Gasteiger partial charge in [0.2, 0.25) is 0 Å². The fourth-order valence-corrected chi connectivity index (χ4v) is 1.37. The van der Waals surface area contributed by atoms with Crippen molar-refractivity contribution in [2.24, 2.45) is 0 Å². The van der Waals surface area contributed by atoms with Gasteiger partial charge in [0.25, 0.3) is 0 Å². The van der Waals surface area contributed by atoms with Crippen molar-refractivity contribution >= 4 is 6.03 Å². The van der Waals surface area contributed by atoms with Gasteiger partial charge in [0.15, 0.2) is 0 Å². The maximum atomic E-state index is 11.8. The molecule has 0 heterocycles. The minimum atomic E-state index is -4.41. The van der Waals surface area contributed by atoms with Crippen molar-refractivity contribution in [1.29, 1.82) is 0 Å². The zero-order chi connectivity index (χ0) is 14.3. The lowest BCUT2D eigenvalue weighted by atomic mass is 10.1. The van der Waals surface area contributed by atoms with E-state index in [4.69, 9.17) is 5.11 Å². The zero-order valence-corrected chi connectivity index (χ0v) is 10.1. The minimum absolute atomic E-state index is 0.0433. The first kappa shape index (κ1) is 15.3. The number of benzene rings is 1. The predicted molar refractivity (Wildman–Crippen MR) is 63.5 cm³/mol. The Kier molecular flexibility index (Phi) is 5.62. The molecular weight excluding hydrogens is 261 g/mol. The molecule has 0 aliphatic rings. The summed E-state index contributed by atoms with van der Waals surface area (Å²) in [5.74, 6) is 0. The van der Waals surface area contributed by atoms with Crippen molar-refractivity contribution in [2.45, 2.75) is 19.2 Å². The summed E-state index contributed by atoms with van der Waals surface area (Å²) >= 11 is 0. The van der Waals surface area contributed by atoms with Crippen LogP contribution in [0.3, 0.4) is 0 Å². The van der Waals surface area contributed by atoms with Crippen LogP contribution in [0.25, 0.3) is 0 Å². The number of hydrogen-bond donors (Lipinski definition) is 3. The molecule has 0 saturated carbocycles. The molecule has 1 aromatic rings. The highest BCUT2D eigenvalue weighted by molar-refractivity contribution is 5.73. The molecule has 2 amide bonds.